The normalized spacial score (nSPS) is 11.4. The Morgan fingerprint density at radius 2 is 1.79 bits per heavy atom. The molecule has 0 unspecified atom stereocenters. The molecule has 0 N–H and O–H groups in total. The second-order valence-corrected chi connectivity index (χ2v) is 4.47. The van der Waals surface area contributed by atoms with E-state index in [1.165, 1.54) is 6.07 Å². The van der Waals surface area contributed by atoms with Crippen LogP contribution in [0.3, 0.4) is 0 Å². The van der Waals surface area contributed by atoms with Gasteiger partial charge in [0.2, 0.25) is 0 Å². The molecule has 0 fully saturated rings. The lowest BCUT2D eigenvalue weighted by Gasteiger charge is -2.11. The van der Waals surface area contributed by atoms with Crippen molar-refractivity contribution in [3.8, 4) is 11.5 Å². The summed E-state index contributed by atoms with van der Waals surface area (Å²) >= 11 is 5.80. The lowest BCUT2D eigenvalue weighted by molar-refractivity contribution is -0.137. The Bertz CT molecular complexity index is 593. The first kappa shape index (κ1) is 13.7. The molecule has 19 heavy (non-hydrogen) atoms. The Morgan fingerprint density at radius 3 is 2.37 bits per heavy atom. The van der Waals surface area contributed by atoms with Crippen molar-refractivity contribution in [3.63, 3.8) is 0 Å². The molecular weight excluding hydrogens is 277 g/mol. The second-order valence-electron chi connectivity index (χ2n) is 4.06. The summed E-state index contributed by atoms with van der Waals surface area (Å²) in [7, 11) is 0. The lowest BCUT2D eigenvalue weighted by atomic mass is 10.2. The summed E-state index contributed by atoms with van der Waals surface area (Å²) in [5, 5.41) is -0.0728. The number of rotatable bonds is 2. The van der Waals surface area contributed by atoms with E-state index >= 15 is 0 Å². The van der Waals surface area contributed by atoms with Gasteiger partial charge in [-0.25, -0.2) is 0 Å². The monoisotopic (exact) mass is 286 g/mol. The van der Waals surface area contributed by atoms with Gasteiger partial charge in [0.15, 0.2) is 0 Å². The van der Waals surface area contributed by atoms with Crippen molar-refractivity contribution < 1.29 is 17.9 Å². The summed E-state index contributed by atoms with van der Waals surface area (Å²) in [5.74, 6) is 0.724. The summed E-state index contributed by atoms with van der Waals surface area (Å²) in [5.41, 5.74) is 0.189. The summed E-state index contributed by atoms with van der Waals surface area (Å²) in [4.78, 5) is 0. The van der Waals surface area contributed by atoms with Crippen LogP contribution in [0.1, 0.15) is 11.1 Å². The van der Waals surface area contributed by atoms with Crippen molar-refractivity contribution in [1.29, 1.82) is 0 Å². The Labute approximate surface area is 113 Å². The van der Waals surface area contributed by atoms with E-state index in [0.29, 0.717) is 5.75 Å². The van der Waals surface area contributed by atoms with Crippen molar-refractivity contribution in [3.05, 3.63) is 58.6 Å². The average molecular weight is 287 g/mol. The van der Waals surface area contributed by atoms with Crippen LogP contribution in [0.15, 0.2) is 42.5 Å². The van der Waals surface area contributed by atoms with Crippen molar-refractivity contribution in [2.45, 2.75) is 13.1 Å². The SMILES string of the molecule is Cc1cccc(Oc2ccc(C(F)(F)F)cc2Cl)c1. The molecule has 100 valence electrons. The van der Waals surface area contributed by atoms with Gasteiger partial charge in [0.05, 0.1) is 10.6 Å². The highest BCUT2D eigenvalue weighted by molar-refractivity contribution is 6.32. The molecule has 0 aliphatic rings. The van der Waals surface area contributed by atoms with E-state index in [1.807, 2.05) is 13.0 Å². The summed E-state index contributed by atoms with van der Waals surface area (Å²) in [6.07, 6.45) is -4.41. The van der Waals surface area contributed by atoms with Crippen LogP contribution in [-0.4, -0.2) is 0 Å². The molecule has 5 heteroatoms. The van der Waals surface area contributed by atoms with Gasteiger partial charge in [0.1, 0.15) is 11.5 Å². The Hall–Kier alpha value is -1.68. The number of ether oxygens (including phenoxy) is 1. The summed E-state index contributed by atoms with van der Waals surface area (Å²) in [6, 6.07) is 10.2. The maximum Gasteiger partial charge on any atom is 0.416 e. The number of alkyl halides is 3. The van der Waals surface area contributed by atoms with Crippen LogP contribution < -0.4 is 4.74 Å². The average Bonchev–Trinajstić information content (AvgIpc) is 2.30. The summed E-state index contributed by atoms with van der Waals surface area (Å²) in [6.45, 7) is 1.89. The van der Waals surface area contributed by atoms with Gasteiger partial charge in [0, 0.05) is 0 Å². The fourth-order valence-corrected chi connectivity index (χ4v) is 1.78. The van der Waals surface area contributed by atoms with E-state index in [-0.39, 0.29) is 10.8 Å². The maximum absolute atomic E-state index is 12.5. The van der Waals surface area contributed by atoms with Crippen LogP contribution in [-0.2, 0) is 6.18 Å². The van der Waals surface area contributed by atoms with Crippen molar-refractivity contribution in [1.82, 2.24) is 0 Å². The molecule has 0 aromatic heterocycles. The third-order valence-electron chi connectivity index (χ3n) is 2.48. The minimum absolute atomic E-state index is 0.0728. The van der Waals surface area contributed by atoms with Crippen molar-refractivity contribution >= 4 is 11.6 Å². The zero-order valence-electron chi connectivity index (χ0n) is 9.96. The molecule has 0 bridgehead atoms. The van der Waals surface area contributed by atoms with Crippen LogP contribution in [0.25, 0.3) is 0 Å². The van der Waals surface area contributed by atoms with Gasteiger partial charge in [-0.1, -0.05) is 23.7 Å². The predicted molar refractivity (Wildman–Crippen MR) is 67.7 cm³/mol. The van der Waals surface area contributed by atoms with Crippen molar-refractivity contribution in [2.24, 2.45) is 0 Å². The third-order valence-corrected chi connectivity index (χ3v) is 2.77. The van der Waals surface area contributed by atoms with Crippen LogP contribution in [0.5, 0.6) is 11.5 Å². The zero-order chi connectivity index (χ0) is 14.0. The zero-order valence-corrected chi connectivity index (χ0v) is 10.7. The smallest absolute Gasteiger partial charge is 0.416 e. The minimum atomic E-state index is -4.41. The van der Waals surface area contributed by atoms with Crippen LogP contribution >= 0.6 is 11.6 Å². The van der Waals surface area contributed by atoms with Gasteiger partial charge in [0.25, 0.3) is 0 Å². The molecule has 2 rings (SSSR count). The molecule has 0 saturated carbocycles. The van der Waals surface area contributed by atoms with Crippen molar-refractivity contribution in [2.75, 3.05) is 0 Å². The molecule has 0 aliphatic heterocycles. The van der Waals surface area contributed by atoms with Gasteiger partial charge < -0.3 is 4.74 Å². The van der Waals surface area contributed by atoms with Gasteiger partial charge in [-0.3, -0.25) is 0 Å². The predicted octanol–water partition coefficient (Wildman–Crippen LogP) is 5.46. The fourth-order valence-electron chi connectivity index (χ4n) is 1.57. The van der Waals surface area contributed by atoms with Crippen LogP contribution in [0.4, 0.5) is 13.2 Å². The Morgan fingerprint density at radius 1 is 1.05 bits per heavy atom. The Kier molecular flexibility index (Phi) is 3.71. The first-order chi connectivity index (χ1) is 8.86. The van der Waals surface area contributed by atoms with E-state index in [0.717, 1.165) is 17.7 Å². The Balaban J connectivity index is 2.27. The fraction of sp³-hybridized carbons (Fsp3) is 0.143. The molecule has 1 nitrogen and oxygen atoms in total. The number of aryl methyl sites for hydroxylation is 1. The molecule has 0 atom stereocenters. The largest absolute Gasteiger partial charge is 0.456 e. The molecule has 2 aromatic rings. The first-order valence-corrected chi connectivity index (χ1v) is 5.85. The molecule has 0 radical (unpaired) electrons. The quantitative estimate of drug-likeness (QED) is 0.712. The van der Waals surface area contributed by atoms with E-state index < -0.39 is 11.7 Å². The molecule has 2 aromatic carbocycles. The lowest BCUT2D eigenvalue weighted by Crippen LogP contribution is -2.04. The maximum atomic E-state index is 12.5. The molecular formula is C14H10ClF3O. The highest BCUT2D eigenvalue weighted by Gasteiger charge is 2.31. The number of hydrogen-bond donors (Lipinski definition) is 0. The second kappa shape index (κ2) is 5.13. The number of hydrogen-bond acceptors (Lipinski definition) is 1. The van der Waals surface area contributed by atoms with Gasteiger partial charge >= 0.3 is 6.18 Å². The topological polar surface area (TPSA) is 9.23 Å². The highest BCUT2D eigenvalue weighted by atomic mass is 35.5. The highest BCUT2D eigenvalue weighted by Crippen LogP contribution is 2.36. The minimum Gasteiger partial charge on any atom is -0.456 e. The summed E-state index contributed by atoms with van der Waals surface area (Å²) < 4.78 is 42.9. The van der Waals surface area contributed by atoms with Gasteiger partial charge in [-0.15, -0.1) is 0 Å². The van der Waals surface area contributed by atoms with E-state index in [1.54, 1.807) is 18.2 Å². The number of benzene rings is 2. The van der Waals surface area contributed by atoms with Crippen LogP contribution in [0.2, 0.25) is 5.02 Å². The standard InChI is InChI=1S/C14H10ClF3O/c1-9-3-2-4-11(7-9)19-13-6-5-10(8-12(13)15)14(16,17)18/h2-8H,1H3. The molecule has 0 saturated heterocycles. The van der Waals surface area contributed by atoms with E-state index in [4.69, 9.17) is 16.3 Å². The first-order valence-electron chi connectivity index (χ1n) is 5.47. The van der Waals surface area contributed by atoms with Crippen LogP contribution in [0, 0.1) is 6.92 Å². The third kappa shape index (κ3) is 3.41. The van der Waals surface area contributed by atoms with Gasteiger partial charge in [-0.2, -0.15) is 13.2 Å². The van der Waals surface area contributed by atoms with E-state index in [2.05, 4.69) is 0 Å². The number of halogens is 4. The van der Waals surface area contributed by atoms with E-state index in [9.17, 15) is 13.2 Å². The molecule has 0 aliphatic carbocycles. The molecule has 0 spiro atoms. The molecule has 0 amide bonds. The van der Waals surface area contributed by atoms with Gasteiger partial charge in [-0.05, 0) is 42.8 Å². The molecule has 0 heterocycles.